The summed E-state index contributed by atoms with van der Waals surface area (Å²) in [7, 11) is 0. The van der Waals surface area contributed by atoms with Crippen molar-refractivity contribution in [3.8, 4) is 5.75 Å². The van der Waals surface area contributed by atoms with Crippen LogP contribution < -0.4 is 10.6 Å². The van der Waals surface area contributed by atoms with Crippen LogP contribution in [0.4, 0.5) is 11.6 Å². The quantitative estimate of drug-likeness (QED) is 0.577. The average molecular weight is 409 g/mol. The first-order chi connectivity index (χ1) is 14.1. The third-order valence-electron chi connectivity index (χ3n) is 5.40. The lowest BCUT2D eigenvalue weighted by molar-refractivity contribution is -0.116. The van der Waals surface area contributed by atoms with Crippen molar-refractivity contribution >= 4 is 29.0 Å². The first-order valence-corrected chi connectivity index (χ1v) is 9.63. The number of hydrogen-bond acceptors (Lipinski definition) is 7. The second kappa shape index (κ2) is 6.93. The van der Waals surface area contributed by atoms with E-state index in [1.165, 1.54) is 0 Å². The number of fused-ring (bicyclic) bond motifs is 1. The van der Waals surface area contributed by atoms with Gasteiger partial charge in [-0.3, -0.25) is 4.79 Å². The van der Waals surface area contributed by atoms with Gasteiger partial charge in [0.1, 0.15) is 5.75 Å². The summed E-state index contributed by atoms with van der Waals surface area (Å²) in [5.41, 5.74) is 3.35. The highest BCUT2D eigenvalue weighted by atomic mass is 35.5. The number of benzene rings is 2. The lowest BCUT2D eigenvalue weighted by Crippen LogP contribution is -2.27. The zero-order valence-corrected chi connectivity index (χ0v) is 16.0. The molecule has 7 nitrogen and oxygen atoms in total. The standard InChI is InChI=1S/C21H17ClN4O3/c22-14-5-1-11(2-6-14)13-9-16-18(17(28)10-13)19(12-3-7-15(27)8-4-12)24-21-20(23-16)25-29-26-21/h1-8,13,19,27H,9-10H2,(H,23,25)(H,24,26). The van der Waals surface area contributed by atoms with Crippen LogP contribution in [-0.2, 0) is 4.79 Å². The predicted octanol–water partition coefficient (Wildman–Crippen LogP) is 4.41. The van der Waals surface area contributed by atoms with E-state index in [1.54, 1.807) is 24.3 Å². The smallest absolute Gasteiger partial charge is 0.219 e. The third kappa shape index (κ3) is 3.23. The van der Waals surface area contributed by atoms with Gasteiger partial charge < -0.3 is 15.7 Å². The van der Waals surface area contributed by atoms with Gasteiger partial charge in [-0.1, -0.05) is 35.9 Å². The fourth-order valence-corrected chi connectivity index (χ4v) is 4.11. The molecule has 0 saturated carbocycles. The number of aromatic nitrogens is 2. The van der Waals surface area contributed by atoms with E-state index in [0.29, 0.717) is 35.1 Å². The highest BCUT2D eigenvalue weighted by molar-refractivity contribution is 6.30. The zero-order valence-electron chi connectivity index (χ0n) is 15.2. The minimum atomic E-state index is -0.426. The predicted molar refractivity (Wildman–Crippen MR) is 108 cm³/mol. The summed E-state index contributed by atoms with van der Waals surface area (Å²) in [6.45, 7) is 0. The van der Waals surface area contributed by atoms with Gasteiger partial charge in [0.05, 0.1) is 6.04 Å². The van der Waals surface area contributed by atoms with Crippen LogP contribution in [0, 0.1) is 0 Å². The van der Waals surface area contributed by atoms with Crippen molar-refractivity contribution in [3.63, 3.8) is 0 Å². The van der Waals surface area contributed by atoms with Crippen molar-refractivity contribution in [1.82, 2.24) is 10.3 Å². The Labute approximate surface area is 171 Å². The van der Waals surface area contributed by atoms with Crippen molar-refractivity contribution < 1.29 is 14.5 Å². The SMILES string of the molecule is O=C1CC(c2ccc(Cl)cc2)CC2=C1C(c1ccc(O)cc1)Nc1nonc1N2. The van der Waals surface area contributed by atoms with Crippen LogP contribution in [0.2, 0.25) is 5.02 Å². The molecule has 3 aromatic rings. The fraction of sp³-hybridized carbons (Fsp3) is 0.190. The number of rotatable bonds is 2. The number of anilines is 2. The number of carbonyl (C=O) groups is 1. The minimum Gasteiger partial charge on any atom is -0.508 e. The number of ketones is 1. The molecular formula is C21H17ClN4O3. The summed E-state index contributed by atoms with van der Waals surface area (Å²) >= 11 is 6.01. The monoisotopic (exact) mass is 408 g/mol. The maximum Gasteiger partial charge on any atom is 0.219 e. The van der Waals surface area contributed by atoms with Crippen LogP contribution in [0.15, 0.2) is 64.4 Å². The van der Waals surface area contributed by atoms with Crippen LogP contribution in [0.25, 0.3) is 0 Å². The molecule has 0 amide bonds. The van der Waals surface area contributed by atoms with E-state index in [9.17, 15) is 9.90 Å². The molecule has 0 radical (unpaired) electrons. The lowest BCUT2D eigenvalue weighted by Gasteiger charge is -2.29. The topological polar surface area (TPSA) is 100 Å². The molecule has 2 heterocycles. The van der Waals surface area contributed by atoms with E-state index in [4.69, 9.17) is 16.2 Å². The molecule has 1 aromatic heterocycles. The van der Waals surface area contributed by atoms with Crippen LogP contribution in [0.5, 0.6) is 5.75 Å². The van der Waals surface area contributed by atoms with E-state index < -0.39 is 6.04 Å². The summed E-state index contributed by atoms with van der Waals surface area (Å²) in [6, 6.07) is 13.9. The minimum absolute atomic E-state index is 0.0351. The number of nitrogens with one attached hydrogen (secondary N) is 2. The number of Topliss-reactive ketones (excluding diaryl/α,β-unsaturated/α-hetero) is 1. The maximum absolute atomic E-state index is 13.3. The van der Waals surface area contributed by atoms with Gasteiger partial charge in [0.2, 0.25) is 11.6 Å². The fourth-order valence-electron chi connectivity index (χ4n) is 3.99. The highest BCUT2D eigenvalue weighted by Crippen LogP contribution is 2.43. The molecule has 1 aliphatic carbocycles. The molecule has 0 fully saturated rings. The third-order valence-corrected chi connectivity index (χ3v) is 5.66. The summed E-state index contributed by atoms with van der Waals surface area (Å²) < 4.78 is 4.87. The molecule has 5 rings (SSSR count). The molecule has 0 spiro atoms. The number of hydrogen-bond donors (Lipinski definition) is 3. The number of aromatic hydroxyl groups is 1. The zero-order chi connectivity index (χ0) is 20.0. The normalized spacial score (nSPS) is 20.9. The Morgan fingerprint density at radius 1 is 0.966 bits per heavy atom. The van der Waals surface area contributed by atoms with E-state index in [0.717, 1.165) is 16.8 Å². The average Bonchev–Trinajstić information content (AvgIpc) is 3.08. The summed E-state index contributed by atoms with van der Waals surface area (Å²) in [6.07, 6.45) is 1.04. The number of halogens is 1. The van der Waals surface area contributed by atoms with Crippen LogP contribution >= 0.6 is 11.6 Å². The summed E-state index contributed by atoms with van der Waals surface area (Å²) in [5, 5.41) is 24.7. The molecule has 3 N–H and O–H groups in total. The Morgan fingerprint density at radius 2 is 1.66 bits per heavy atom. The molecule has 2 aliphatic rings. The number of phenols is 1. The van der Waals surface area contributed by atoms with Crippen LogP contribution in [0.1, 0.15) is 35.9 Å². The van der Waals surface area contributed by atoms with Gasteiger partial charge >= 0.3 is 0 Å². The lowest BCUT2D eigenvalue weighted by atomic mass is 9.78. The van der Waals surface area contributed by atoms with E-state index in [2.05, 4.69) is 20.9 Å². The van der Waals surface area contributed by atoms with Gasteiger partial charge in [0.25, 0.3) is 0 Å². The number of carbonyl (C=O) groups excluding carboxylic acids is 1. The Morgan fingerprint density at radius 3 is 2.41 bits per heavy atom. The van der Waals surface area contributed by atoms with E-state index in [1.807, 2.05) is 24.3 Å². The van der Waals surface area contributed by atoms with Gasteiger partial charge in [-0.2, -0.15) is 0 Å². The van der Waals surface area contributed by atoms with E-state index in [-0.39, 0.29) is 17.5 Å². The van der Waals surface area contributed by atoms with Gasteiger partial charge in [0.15, 0.2) is 5.78 Å². The summed E-state index contributed by atoms with van der Waals surface area (Å²) in [4.78, 5) is 13.3. The van der Waals surface area contributed by atoms with Crippen LogP contribution in [-0.4, -0.2) is 21.2 Å². The molecule has 2 atom stereocenters. The van der Waals surface area contributed by atoms with Crippen molar-refractivity contribution in [2.75, 3.05) is 10.6 Å². The van der Waals surface area contributed by atoms with Gasteiger partial charge in [-0.15, -0.1) is 0 Å². The second-order valence-electron chi connectivity index (χ2n) is 7.23. The first kappa shape index (κ1) is 17.8. The molecule has 146 valence electrons. The van der Waals surface area contributed by atoms with Gasteiger partial charge in [-0.25, -0.2) is 4.63 Å². The molecule has 0 bridgehead atoms. The van der Waals surface area contributed by atoms with Gasteiger partial charge in [0, 0.05) is 22.7 Å². The number of phenolic OH excluding ortho intramolecular Hbond substituents is 1. The van der Waals surface area contributed by atoms with Crippen LogP contribution in [0.3, 0.4) is 0 Å². The molecular weight excluding hydrogens is 392 g/mol. The number of allylic oxidation sites excluding steroid dienone is 1. The molecule has 29 heavy (non-hydrogen) atoms. The Kier molecular flexibility index (Phi) is 4.24. The Bertz CT molecular complexity index is 1110. The van der Waals surface area contributed by atoms with Crippen molar-refractivity contribution in [1.29, 1.82) is 0 Å². The Balaban J connectivity index is 1.58. The van der Waals surface area contributed by atoms with Crippen molar-refractivity contribution in [2.45, 2.75) is 24.8 Å². The van der Waals surface area contributed by atoms with Crippen molar-refractivity contribution in [2.24, 2.45) is 0 Å². The van der Waals surface area contributed by atoms with E-state index >= 15 is 0 Å². The molecule has 2 aromatic carbocycles. The molecule has 2 unspecified atom stereocenters. The largest absolute Gasteiger partial charge is 0.508 e. The summed E-state index contributed by atoms with van der Waals surface area (Å²) in [5.74, 6) is 1.13. The number of nitrogens with zero attached hydrogens (tertiary/aromatic N) is 2. The Hall–Kier alpha value is -3.32. The molecule has 0 saturated heterocycles. The molecule has 8 heteroatoms. The highest BCUT2D eigenvalue weighted by Gasteiger charge is 2.37. The van der Waals surface area contributed by atoms with Crippen molar-refractivity contribution in [3.05, 3.63) is 76.0 Å². The first-order valence-electron chi connectivity index (χ1n) is 9.25. The van der Waals surface area contributed by atoms with Gasteiger partial charge in [-0.05, 0) is 58.0 Å². The second-order valence-corrected chi connectivity index (χ2v) is 7.66. The maximum atomic E-state index is 13.3. The molecule has 1 aliphatic heterocycles.